The highest BCUT2D eigenvalue weighted by molar-refractivity contribution is 9.10. The predicted molar refractivity (Wildman–Crippen MR) is 91.4 cm³/mol. The minimum atomic E-state index is 0.0433. The number of rotatable bonds is 6. The molecule has 0 aliphatic carbocycles. The van der Waals surface area contributed by atoms with Crippen LogP contribution in [-0.4, -0.2) is 17.4 Å². The number of thiazole rings is 1. The van der Waals surface area contributed by atoms with Gasteiger partial charge in [0.25, 0.3) is 0 Å². The van der Waals surface area contributed by atoms with Crippen LogP contribution < -0.4 is 5.32 Å². The molecule has 0 aliphatic heterocycles. The maximum atomic E-state index is 11.8. The summed E-state index contributed by atoms with van der Waals surface area (Å²) < 4.78 is 1.03. The molecule has 0 unspecified atom stereocenters. The molecular formula is C16H19BrN2OS. The zero-order chi connectivity index (χ0) is 15.2. The second kappa shape index (κ2) is 7.71. The van der Waals surface area contributed by atoms with Crippen LogP contribution in [0.2, 0.25) is 0 Å². The van der Waals surface area contributed by atoms with Gasteiger partial charge in [-0.2, -0.15) is 0 Å². The number of aromatic nitrogens is 1. The normalized spacial score (nSPS) is 10.9. The molecule has 0 aliphatic rings. The maximum Gasteiger partial charge on any atom is 0.226 e. The van der Waals surface area contributed by atoms with Gasteiger partial charge in [-0.3, -0.25) is 4.79 Å². The van der Waals surface area contributed by atoms with E-state index in [1.807, 2.05) is 29.6 Å². The summed E-state index contributed by atoms with van der Waals surface area (Å²) in [6.07, 6.45) is 1.36. The summed E-state index contributed by atoms with van der Waals surface area (Å²) >= 11 is 5.03. The molecule has 0 fully saturated rings. The van der Waals surface area contributed by atoms with E-state index in [4.69, 9.17) is 0 Å². The zero-order valence-corrected chi connectivity index (χ0v) is 14.6. The van der Waals surface area contributed by atoms with E-state index in [2.05, 4.69) is 40.1 Å². The quantitative estimate of drug-likeness (QED) is 0.828. The maximum absolute atomic E-state index is 11.8. The van der Waals surface area contributed by atoms with E-state index in [0.29, 0.717) is 12.3 Å². The Morgan fingerprint density at radius 3 is 2.95 bits per heavy atom. The van der Waals surface area contributed by atoms with Crippen molar-refractivity contribution in [2.75, 3.05) is 6.54 Å². The van der Waals surface area contributed by atoms with Crippen LogP contribution >= 0.6 is 27.3 Å². The van der Waals surface area contributed by atoms with Gasteiger partial charge in [0.2, 0.25) is 5.91 Å². The first-order valence-corrected chi connectivity index (χ1v) is 8.69. The molecule has 21 heavy (non-hydrogen) atoms. The molecular weight excluding hydrogens is 348 g/mol. The summed E-state index contributed by atoms with van der Waals surface area (Å²) in [6.45, 7) is 5.03. The van der Waals surface area contributed by atoms with Gasteiger partial charge >= 0.3 is 0 Å². The Kier molecular flexibility index (Phi) is 5.94. The molecule has 0 bridgehead atoms. The van der Waals surface area contributed by atoms with Crippen LogP contribution in [-0.2, 0) is 11.2 Å². The standard InChI is InChI=1S/C16H19BrN2OS/c1-11(2)6-7-18-15(20)9-14-10-21-16(19-14)12-4-3-5-13(17)8-12/h3-5,8,10-11H,6-7,9H2,1-2H3,(H,18,20). The molecule has 0 radical (unpaired) electrons. The number of amides is 1. The van der Waals surface area contributed by atoms with Gasteiger partial charge in [0.15, 0.2) is 0 Å². The Labute approximate surface area is 137 Å². The summed E-state index contributed by atoms with van der Waals surface area (Å²) in [5, 5.41) is 5.84. The van der Waals surface area contributed by atoms with E-state index >= 15 is 0 Å². The predicted octanol–water partition coefficient (Wildman–Crippen LogP) is 4.28. The summed E-state index contributed by atoms with van der Waals surface area (Å²) in [7, 11) is 0. The number of hydrogen-bond donors (Lipinski definition) is 1. The minimum Gasteiger partial charge on any atom is -0.356 e. The Bertz CT molecular complexity index is 610. The molecule has 1 heterocycles. The van der Waals surface area contributed by atoms with Gasteiger partial charge in [-0.25, -0.2) is 4.98 Å². The van der Waals surface area contributed by atoms with Crippen LogP contribution in [0.1, 0.15) is 26.0 Å². The molecule has 0 saturated heterocycles. The number of hydrogen-bond acceptors (Lipinski definition) is 3. The van der Waals surface area contributed by atoms with Gasteiger partial charge < -0.3 is 5.32 Å². The van der Waals surface area contributed by atoms with E-state index in [0.717, 1.165) is 33.7 Å². The molecule has 0 saturated carbocycles. The fraction of sp³-hybridized carbons (Fsp3) is 0.375. The van der Waals surface area contributed by atoms with Gasteiger partial charge in [0.05, 0.1) is 12.1 Å². The van der Waals surface area contributed by atoms with Gasteiger partial charge in [-0.15, -0.1) is 11.3 Å². The summed E-state index contributed by atoms with van der Waals surface area (Å²) in [4.78, 5) is 16.4. The first kappa shape index (κ1) is 16.2. The zero-order valence-electron chi connectivity index (χ0n) is 12.2. The van der Waals surface area contributed by atoms with Gasteiger partial charge in [-0.05, 0) is 24.5 Å². The van der Waals surface area contributed by atoms with E-state index < -0.39 is 0 Å². The van der Waals surface area contributed by atoms with E-state index in [9.17, 15) is 4.79 Å². The number of benzene rings is 1. The molecule has 1 N–H and O–H groups in total. The van der Waals surface area contributed by atoms with E-state index in [1.54, 1.807) is 11.3 Å². The second-order valence-corrected chi connectivity index (χ2v) is 7.14. The molecule has 3 nitrogen and oxygen atoms in total. The molecule has 2 aromatic rings. The molecule has 0 atom stereocenters. The summed E-state index contributed by atoms with van der Waals surface area (Å²) in [6, 6.07) is 8.03. The lowest BCUT2D eigenvalue weighted by Gasteiger charge is -2.06. The van der Waals surface area contributed by atoms with Crippen LogP contribution in [0.5, 0.6) is 0 Å². The lowest BCUT2D eigenvalue weighted by atomic mass is 10.1. The highest BCUT2D eigenvalue weighted by Gasteiger charge is 2.09. The first-order valence-electron chi connectivity index (χ1n) is 7.01. The highest BCUT2D eigenvalue weighted by Crippen LogP contribution is 2.26. The Morgan fingerprint density at radius 2 is 2.24 bits per heavy atom. The molecule has 1 aromatic heterocycles. The molecule has 112 valence electrons. The number of nitrogens with zero attached hydrogens (tertiary/aromatic N) is 1. The van der Waals surface area contributed by atoms with Crippen molar-refractivity contribution in [3.8, 4) is 10.6 Å². The largest absolute Gasteiger partial charge is 0.356 e. The average Bonchev–Trinajstić information content (AvgIpc) is 2.86. The van der Waals surface area contributed by atoms with Crippen molar-refractivity contribution in [1.29, 1.82) is 0 Å². The van der Waals surface area contributed by atoms with E-state index in [1.165, 1.54) is 0 Å². The van der Waals surface area contributed by atoms with E-state index in [-0.39, 0.29) is 5.91 Å². The molecule has 1 aromatic carbocycles. The summed E-state index contributed by atoms with van der Waals surface area (Å²) in [5.41, 5.74) is 1.90. The van der Waals surface area contributed by atoms with Gasteiger partial charge in [0, 0.05) is 22.0 Å². The Balaban J connectivity index is 1.93. The fourth-order valence-corrected chi connectivity index (χ4v) is 3.09. The molecule has 2 rings (SSSR count). The molecule has 5 heteroatoms. The minimum absolute atomic E-state index is 0.0433. The van der Waals surface area contributed by atoms with Crippen LogP contribution in [0, 0.1) is 5.92 Å². The SMILES string of the molecule is CC(C)CCNC(=O)Cc1csc(-c2cccc(Br)c2)n1. The van der Waals surface area contributed by atoms with Crippen molar-refractivity contribution in [1.82, 2.24) is 10.3 Å². The second-order valence-electron chi connectivity index (χ2n) is 5.36. The third-order valence-corrected chi connectivity index (χ3v) is 4.44. The van der Waals surface area contributed by atoms with Crippen molar-refractivity contribution in [2.24, 2.45) is 5.92 Å². The first-order chi connectivity index (χ1) is 10.0. The lowest BCUT2D eigenvalue weighted by molar-refractivity contribution is -0.120. The van der Waals surface area contributed by atoms with Crippen molar-refractivity contribution in [2.45, 2.75) is 26.7 Å². The average molecular weight is 367 g/mol. The molecule has 0 spiro atoms. The molecule has 1 amide bonds. The number of carbonyl (C=O) groups is 1. The van der Waals surface area contributed by atoms with Gasteiger partial charge in [-0.1, -0.05) is 41.9 Å². The van der Waals surface area contributed by atoms with Crippen molar-refractivity contribution in [3.63, 3.8) is 0 Å². The van der Waals surface area contributed by atoms with Crippen molar-refractivity contribution >= 4 is 33.2 Å². The van der Waals surface area contributed by atoms with Crippen LogP contribution in [0.4, 0.5) is 0 Å². The van der Waals surface area contributed by atoms with Gasteiger partial charge in [0.1, 0.15) is 5.01 Å². The summed E-state index contributed by atoms with van der Waals surface area (Å²) in [5.74, 6) is 0.648. The third kappa shape index (κ3) is 5.25. The van der Waals surface area contributed by atoms with Crippen molar-refractivity contribution in [3.05, 3.63) is 39.8 Å². The third-order valence-electron chi connectivity index (χ3n) is 3.01. The number of halogens is 1. The topological polar surface area (TPSA) is 42.0 Å². The smallest absolute Gasteiger partial charge is 0.226 e. The fourth-order valence-electron chi connectivity index (χ4n) is 1.87. The Morgan fingerprint density at radius 1 is 1.43 bits per heavy atom. The number of carbonyl (C=O) groups excluding carboxylic acids is 1. The lowest BCUT2D eigenvalue weighted by Crippen LogP contribution is -2.26. The van der Waals surface area contributed by atoms with Crippen LogP contribution in [0.3, 0.4) is 0 Å². The van der Waals surface area contributed by atoms with Crippen molar-refractivity contribution < 1.29 is 4.79 Å². The highest BCUT2D eigenvalue weighted by atomic mass is 79.9. The number of nitrogens with one attached hydrogen (secondary N) is 1. The monoisotopic (exact) mass is 366 g/mol. The van der Waals surface area contributed by atoms with Crippen LogP contribution in [0.15, 0.2) is 34.1 Å². The van der Waals surface area contributed by atoms with Crippen LogP contribution in [0.25, 0.3) is 10.6 Å². The Hall–Kier alpha value is -1.20.